The molecule has 0 N–H and O–H groups in total. The lowest BCUT2D eigenvalue weighted by molar-refractivity contribution is 0.116. The number of aryl methyl sites for hydroxylation is 1. The van der Waals surface area contributed by atoms with E-state index in [0.717, 1.165) is 51.4 Å². The van der Waals surface area contributed by atoms with E-state index in [0.29, 0.717) is 6.04 Å². The van der Waals surface area contributed by atoms with Crippen molar-refractivity contribution in [3.05, 3.63) is 41.7 Å². The summed E-state index contributed by atoms with van der Waals surface area (Å²) in [6, 6.07) is 11.4. The van der Waals surface area contributed by atoms with E-state index in [1.165, 1.54) is 18.4 Å². The lowest BCUT2D eigenvalue weighted by atomic mass is 10.0. The van der Waals surface area contributed by atoms with Crippen LogP contribution in [0.4, 0.5) is 0 Å². The Bertz CT molecular complexity index is 618. The molecule has 0 amide bonds. The molecule has 0 radical (unpaired) electrons. The first-order valence-electron chi connectivity index (χ1n) is 9.48. The van der Waals surface area contributed by atoms with Crippen molar-refractivity contribution in [3.8, 4) is 0 Å². The van der Waals surface area contributed by atoms with Gasteiger partial charge in [-0.15, -0.1) is 5.10 Å². The highest BCUT2D eigenvalue weighted by Gasteiger charge is 2.23. The number of benzene rings is 1. The fraction of sp³-hybridized carbons (Fsp3) is 0.632. The summed E-state index contributed by atoms with van der Waals surface area (Å²) in [5.74, 6) is 0.989. The number of rotatable bonds is 8. The number of hydrogen-bond acceptors (Lipinski definition) is 5. The van der Waals surface area contributed by atoms with E-state index in [1.54, 1.807) is 0 Å². The first kappa shape index (κ1) is 18.0. The normalized spacial score (nSPS) is 16.6. The lowest BCUT2D eigenvalue weighted by Gasteiger charge is -2.36. The minimum atomic E-state index is 0.614. The van der Waals surface area contributed by atoms with Gasteiger partial charge in [0, 0.05) is 19.1 Å². The number of tetrazole rings is 1. The fourth-order valence-corrected chi connectivity index (χ4v) is 3.53. The van der Waals surface area contributed by atoms with Crippen molar-refractivity contribution < 1.29 is 0 Å². The molecule has 1 saturated heterocycles. The quantitative estimate of drug-likeness (QED) is 0.738. The van der Waals surface area contributed by atoms with Gasteiger partial charge in [-0.2, -0.15) is 0 Å². The number of aromatic nitrogens is 4. The van der Waals surface area contributed by atoms with E-state index in [1.807, 2.05) is 4.68 Å². The second kappa shape index (κ2) is 9.06. The predicted molar refractivity (Wildman–Crippen MR) is 98.9 cm³/mol. The maximum Gasteiger partial charge on any atom is 0.165 e. The second-order valence-electron chi connectivity index (χ2n) is 7.08. The van der Waals surface area contributed by atoms with Gasteiger partial charge in [0.25, 0.3) is 0 Å². The summed E-state index contributed by atoms with van der Waals surface area (Å²) >= 11 is 0. The lowest BCUT2D eigenvalue weighted by Crippen LogP contribution is -2.43. The summed E-state index contributed by atoms with van der Waals surface area (Å²) in [6.07, 6.45) is 4.70. The molecular weight excluding hydrogens is 312 g/mol. The Kier molecular flexibility index (Phi) is 6.53. The maximum absolute atomic E-state index is 4.22. The topological polar surface area (TPSA) is 50.1 Å². The minimum absolute atomic E-state index is 0.614. The van der Waals surface area contributed by atoms with Gasteiger partial charge in [0.1, 0.15) is 0 Å². The molecule has 0 aliphatic carbocycles. The maximum atomic E-state index is 4.22. The van der Waals surface area contributed by atoms with Gasteiger partial charge in [-0.1, -0.05) is 43.7 Å². The standard InChI is InChI=1S/C19H30N6/c1-3-4-12-25-19(20-21-22-25)16-23(2)18-10-13-24(14-11-18)15-17-8-6-5-7-9-17/h5-9,18H,3-4,10-16H2,1-2H3. The molecule has 6 nitrogen and oxygen atoms in total. The summed E-state index contributed by atoms with van der Waals surface area (Å²) in [5.41, 5.74) is 1.41. The Morgan fingerprint density at radius 2 is 1.92 bits per heavy atom. The molecule has 0 atom stereocenters. The average Bonchev–Trinajstić information content (AvgIpc) is 3.08. The molecule has 2 aromatic rings. The van der Waals surface area contributed by atoms with Gasteiger partial charge in [-0.25, -0.2) is 4.68 Å². The highest BCUT2D eigenvalue weighted by Crippen LogP contribution is 2.18. The molecule has 0 saturated carbocycles. The van der Waals surface area contributed by atoms with Gasteiger partial charge >= 0.3 is 0 Å². The molecule has 1 aliphatic rings. The highest BCUT2D eigenvalue weighted by molar-refractivity contribution is 5.14. The van der Waals surface area contributed by atoms with Gasteiger partial charge in [-0.3, -0.25) is 9.80 Å². The van der Waals surface area contributed by atoms with E-state index in [9.17, 15) is 0 Å². The first-order valence-corrected chi connectivity index (χ1v) is 9.48. The molecule has 136 valence electrons. The Labute approximate surface area is 150 Å². The van der Waals surface area contributed by atoms with E-state index < -0.39 is 0 Å². The molecule has 1 aromatic heterocycles. The molecule has 1 aliphatic heterocycles. The zero-order chi connectivity index (χ0) is 17.5. The van der Waals surface area contributed by atoms with Gasteiger partial charge in [0.05, 0.1) is 6.54 Å². The van der Waals surface area contributed by atoms with Crippen molar-refractivity contribution >= 4 is 0 Å². The van der Waals surface area contributed by atoms with Crippen LogP contribution in [0.2, 0.25) is 0 Å². The monoisotopic (exact) mass is 342 g/mol. The van der Waals surface area contributed by atoms with Crippen LogP contribution in [0.1, 0.15) is 44.0 Å². The van der Waals surface area contributed by atoms with Crippen LogP contribution in [0, 0.1) is 0 Å². The second-order valence-corrected chi connectivity index (χ2v) is 7.08. The number of unbranched alkanes of at least 4 members (excludes halogenated alkanes) is 1. The van der Waals surface area contributed by atoms with Gasteiger partial charge < -0.3 is 0 Å². The number of hydrogen-bond donors (Lipinski definition) is 0. The molecule has 0 bridgehead atoms. The van der Waals surface area contributed by atoms with Crippen LogP contribution in [0.5, 0.6) is 0 Å². The van der Waals surface area contributed by atoms with E-state index >= 15 is 0 Å². The summed E-state index contributed by atoms with van der Waals surface area (Å²) in [4.78, 5) is 4.99. The van der Waals surface area contributed by atoms with Crippen molar-refractivity contribution in [1.29, 1.82) is 0 Å². The zero-order valence-corrected chi connectivity index (χ0v) is 15.5. The Morgan fingerprint density at radius 1 is 1.16 bits per heavy atom. The molecule has 0 unspecified atom stereocenters. The summed E-state index contributed by atoms with van der Waals surface area (Å²) in [5, 5.41) is 12.2. The van der Waals surface area contributed by atoms with Gasteiger partial charge in [0.2, 0.25) is 0 Å². The van der Waals surface area contributed by atoms with Crippen LogP contribution >= 0.6 is 0 Å². The number of likely N-dealkylation sites (tertiary alicyclic amines) is 1. The Hall–Kier alpha value is -1.79. The largest absolute Gasteiger partial charge is 0.299 e. The molecule has 25 heavy (non-hydrogen) atoms. The smallest absolute Gasteiger partial charge is 0.165 e. The first-order chi connectivity index (χ1) is 12.3. The summed E-state index contributed by atoms with van der Waals surface area (Å²) in [6.45, 7) is 7.32. The van der Waals surface area contributed by atoms with Crippen molar-refractivity contribution in [2.24, 2.45) is 0 Å². The van der Waals surface area contributed by atoms with E-state index in [-0.39, 0.29) is 0 Å². The summed E-state index contributed by atoms with van der Waals surface area (Å²) < 4.78 is 1.96. The predicted octanol–water partition coefficient (Wildman–Crippen LogP) is 2.57. The van der Waals surface area contributed by atoms with Gasteiger partial charge in [-0.05, 0) is 55.4 Å². The number of nitrogens with zero attached hydrogens (tertiary/aromatic N) is 6. The molecule has 6 heteroatoms. The fourth-order valence-electron chi connectivity index (χ4n) is 3.53. The van der Waals surface area contributed by atoms with Crippen LogP contribution in [-0.4, -0.2) is 56.2 Å². The third kappa shape index (κ3) is 5.09. The average molecular weight is 342 g/mol. The SMILES string of the molecule is CCCCn1nnnc1CN(C)C1CCN(Cc2ccccc2)CC1. The van der Waals surface area contributed by atoms with Crippen LogP contribution < -0.4 is 0 Å². The molecular formula is C19H30N6. The van der Waals surface area contributed by atoms with Crippen molar-refractivity contribution in [1.82, 2.24) is 30.0 Å². The van der Waals surface area contributed by atoms with Crippen LogP contribution in [0.25, 0.3) is 0 Å². The van der Waals surface area contributed by atoms with Crippen LogP contribution in [0.3, 0.4) is 0 Å². The molecule has 1 aromatic carbocycles. The summed E-state index contributed by atoms with van der Waals surface area (Å²) in [7, 11) is 2.20. The zero-order valence-electron chi connectivity index (χ0n) is 15.5. The third-order valence-corrected chi connectivity index (χ3v) is 5.15. The van der Waals surface area contributed by atoms with Crippen LogP contribution in [-0.2, 0) is 19.6 Å². The molecule has 2 heterocycles. The Balaban J connectivity index is 1.47. The van der Waals surface area contributed by atoms with E-state index in [4.69, 9.17) is 0 Å². The molecule has 3 rings (SSSR count). The van der Waals surface area contributed by atoms with Crippen molar-refractivity contribution in [3.63, 3.8) is 0 Å². The molecule has 0 spiro atoms. The number of piperidine rings is 1. The van der Waals surface area contributed by atoms with Gasteiger partial charge in [0.15, 0.2) is 5.82 Å². The minimum Gasteiger partial charge on any atom is -0.299 e. The van der Waals surface area contributed by atoms with Crippen LogP contribution in [0.15, 0.2) is 30.3 Å². The highest BCUT2D eigenvalue weighted by atomic mass is 15.5. The third-order valence-electron chi connectivity index (χ3n) is 5.15. The van der Waals surface area contributed by atoms with Crippen molar-refractivity contribution in [2.45, 2.75) is 58.3 Å². The van der Waals surface area contributed by atoms with Crippen molar-refractivity contribution in [2.75, 3.05) is 20.1 Å². The molecule has 1 fully saturated rings. The Morgan fingerprint density at radius 3 is 2.64 bits per heavy atom. The van der Waals surface area contributed by atoms with E-state index in [2.05, 4.69) is 69.6 Å².